The molecule has 116 valence electrons. The van der Waals surface area contributed by atoms with Crippen LogP contribution in [0, 0.1) is 5.82 Å². The number of benzene rings is 1. The van der Waals surface area contributed by atoms with Crippen LogP contribution in [0.1, 0.15) is 30.1 Å². The number of halogens is 1. The number of carbonyl (C=O) groups excluding carboxylic acids is 1. The van der Waals surface area contributed by atoms with Crippen molar-refractivity contribution in [2.24, 2.45) is 5.14 Å². The fourth-order valence-electron chi connectivity index (χ4n) is 2.18. The minimum absolute atomic E-state index is 0.0497. The molecule has 0 spiro atoms. The van der Waals surface area contributed by atoms with Crippen LogP contribution < -0.4 is 10.5 Å². The second kappa shape index (κ2) is 6.08. The van der Waals surface area contributed by atoms with Crippen molar-refractivity contribution >= 4 is 15.9 Å². The van der Waals surface area contributed by atoms with Crippen LogP contribution >= 0.6 is 0 Å². The summed E-state index contributed by atoms with van der Waals surface area (Å²) in [6.45, 7) is 2.52. The van der Waals surface area contributed by atoms with Gasteiger partial charge in [0.1, 0.15) is 5.82 Å². The lowest BCUT2D eigenvalue weighted by Crippen LogP contribution is -2.48. The molecular weight excluding hydrogens is 299 g/mol. The summed E-state index contributed by atoms with van der Waals surface area (Å²) in [6, 6.07) is 2.92. The largest absolute Gasteiger partial charge is 0.378 e. The highest BCUT2D eigenvalue weighted by atomic mass is 32.2. The van der Waals surface area contributed by atoms with Crippen LogP contribution in [0.2, 0.25) is 0 Å². The van der Waals surface area contributed by atoms with E-state index < -0.39 is 21.7 Å². The minimum atomic E-state index is -3.99. The normalized spacial score (nSPS) is 21.7. The third kappa shape index (κ3) is 3.78. The quantitative estimate of drug-likeness (QED) is 0.838. The summed E-state index contributed by atoms with van der Waals surface area (Å²) in [6.07, 6.45) is 1.52. The van der Waals surface area contributed by atoms with Gasteiger partial charge in [0.05, 0.1) is 16.6 Å². The second-order valence-corrected chi connectivity index (χ2v) is 6.47. The van der Waals surface area contributed by atoms with E-state index >= 15 is 0 Å². The fraction of sp³-hybridized carbons (Fsp3) is 0.462. The van der Waals surface area contributed by atoms with Crippen molar-refractivity contribution in [3.63, 3.8) is 0 Å². The predicted molar refractivity (Wildman–Crippen MR) is 73.7 cm³/mol. The van der Waals surface area contributed by atoms with Crippen molar-refractivity contribution in [3.05, 3.63) is 29.6 Å². The molecule has 1 amide bonds. The highest BCUT2D eigenvalue weighted by Crippen LogP contribution is 2.24. The summed E-state index contributed by atoms with van der Waals surface area (Å²) < 4.78 is 41.3. The maximum absolute atomic E-state index is 13.8. The summed E-state index contributed by atoms with van der Waals surface area (Å²) in [7, 11) is -3.99. The van der Waals surface area contributed by atoms with Crippen LogP contribution in [0.4, 0.5) is 4.39 Å². The van der Waals surface area contributed by atoms with Gasteiger partial charge in [0, 0.05) is 12.6 Å². The molecule has 0 bridgehead atoms. The molecule has 0 heterocycles. The number of amides is 1. The molecule has 0 saturated heterocycles. The van der Waals surface area contributed by atoms with Crippen LogP contribution in [0.25, 0.3) is 0 Å². The standard InChI is InChI=1S/C13H17FN2O4S/c1-2-20-9-5-8(6-9)16-13(17)11-4-3-10(7-12(11)14)21(15,18)19/h3-4,7-9H,2,5-6H2,1H3,(H,16,17)(H2,15,18,19). The molecule has 21 heavy (non-hydrogen) atoms. The molecule has 8 heteroatoms. The number of nitrogens with two attached hydrogens (primary N) is 1. The Kier molecular flexibility index (Phi) is 4.60. The number of hydrogen-bond acceptors (Lipinski definition) is 4. The minimum Gasteiger partial charge on any atom is -0.378 e. The first-order valence-electron chi connectivity index (χ1n) is 6.56. The van der Waals surface area contributed by atoms with E-state index in [0.29, 0.717) is 19.4 Å². The van der Waals surface area contributed by atoms with E-state index in [0.717, 1.165) is 18.2 Å². The van der Waals surface area contributed by atoms with E-state index in [9.17, 15) is 17.6 Å². The van der Waals surface area contributed by atoms with Crippen molar-refractivity contribution in [2.75, 3.05) is 6.61 Å². The molecule has 6 nitrogen and oxygen atoms in total. The van der Waals surface area contributed by atoms with Gasteiger partial charge < -0.3 is 10.1 Å². The average Bonchev–Trinajstić information content (AvgIpc) is 2.34. The van der Waals surface area contributed by atoms with E-state index in [4.69, 9.17) is 9.88 Å². The van der Waals surface area contributed by atoms with E-state index in [1.807, 2.05) is 6.92 Å². The number of rotatable bonds is 5. The van der Waals surface area contributed by atoms with E-state index in [2.05, 4.69) is 5.32 Å². The zero-order valence-corrected chi connectivity index (χ0v) is 12.3. The molecule has 0 unspecified atom stereocenters. The highest BCUT2D eigenvalue weighted by Gasteiger charge is 2.31. The summed E-state index contributed by atoms with van der Waals surface area (Å²) in [5.41, 5.74) is -0.206. The lowest BCUT2D eigenvalue weighted by Gasteiger charge is -2.35. The molecule has 0 aliphatic heterocycles. The highest BCUT2D eigenvalue weighted by molar-refractivity contribution is 7.89. The van der Waals surface area contributed by atoms with Crippen molar-refractivity contribution in [2.45, 2.75) is 36.8 Å². The molecule has 1 aromatic carbocycles. The van der Waals surface area contributed by atoms with Crippen LogP contribution in [0.5, 0.6) is 0 Å². The average molecular weight is 316 g/mol. The molecule has 1 aliphatic carbocycles. The molecule has 0 atom stereocenters. The summed E-state index contributed by atoms with van der Waals surface area (Å²) in [5.74, 6) is -1.49. The predicted octanol–water partition coefficient (Wildman–Crippen LogP) is 0.770. The van der Waals surface area contributed by atoms with Gasteiger partial charge in [0.15, 0.2) is 0 Å². The van der Waals surface area contributed by atoms with Gasteiger partial charge in [-0.15, -0.1) is 0 Å². The lowest BCUT2D eigenvalue weighted by atomic mass is 9.89. The maximum Gasteiger partial charge on any atom is 0.254 e. The first-order chi connectivity index (χ1) is 9.81. The Morgan fingerprint density at radius 2 is 2.14 bits per heavy atom. The molecule has 0 aromatic heterocycles. The van der Waals surface area contributed by atoms with Gasteiger partial charge in [-0.05, 0) is 38.0 Å². The zero-order valence-electron chi connectivity index (χ0n) is 11.5. The number of nitrogens with one attached hydrogen (secondary N) is 1. The van der Waals surface area contributed by atoms with Gasteiger partial charge in [-0.3, -0.25) is 4.79 Å². The Labute approximate surface area is 122 Å². The van der Waals surface area contributed by atoms with E-state index in [-0.39, 0.29) is 22.6 Å². The Morgan fingerprint density at radius 1 is 1.48 bits per heavy atom. The number of hydrogen-bond donors (Lipinski definition) is 2. The third-order valence-electron chi connectivity index (χ3n) is 3.35. The summed E-state index contributed by atoms with van der Waals surface area (Å²) in [5, 5.41) is 7.58. The van der Waals surface area contributed by atoms with E-state index in [1.165, 1.54) is 0 Å². The van der Waals surface area contributed by atoms with Gasteiger partial charge in [-0.1, -0.05) is 0 Å². The van der Waals surface area contributed by atoms with Crippen LogP contribution in [0.3, 0.4) is 0 Å². The van der Waals surface area contributed by atoms with Crippen LogP contribution in [0.15, 0.2) is 23.1 Å². The van der Waals surface area contributed by atoms with Gasteiger partial charge in [-0.25, -0.2) is 17.9 Å². The molecular formula is C13H17FN2O4S. The first-order valence-corrected chi connectivity index (χ1v) is 8.10. The van der Waals surface area contributed by atoms with Crippen LogP contribution in [-0.2, 0) is 14.8 Å². The molecule has 0 radical (unpaired) electrons. The Bertz CT molecular complexity index is 642. The summed E-state index contributed by atoms with van der Waals surface area (Å²) in [4.78, 5) is 11.6. The molecule has 3 N–H and O–H groups in total. The Hall–Kier alpha value is -1.51. The Balaban J connectivity index is 2.01. The summed E-state index contributed by atoms with van der Waals surface area (Å²) >= 11 is 0. The fourth-order valence-corrected chi connectivity index (χ4v) is 2.70. The number of ether oxygens (including phenoxy) is 1. The smallest absolute Gasteiger partial charge is 0.254 e. The van der Waals surface area contributed by atoms with Gasteiger partial charge >= 0.3 is 0 Å². The number of primary sulfonamides is 1. The van der Waals surface area contributed by atoms with Crippen molar-refractivity contribution in [1.82, 2.24) is 5.32 Å². The Morgan fingerprint density at radius 3 is 2.67 bits per heavy atom. The van der Waals surface area contributed by atoms with Crippen molar-refractivity contribution in [3.8, 4) is 0 Å². The van der Waals surface area contributed by atoms with Crippen molar-refractivity contribution < 1.29 is 22.3 Å². The second-order valence-electron chi connectivity index (χ2n) is 4.91. The first kappa shape index (κ1) is 15.9. The third-order valence-corrected chi connectivity index (χ3v) is 4.26. The molecule has 1 fully saturated rings. The zero-order chi connectivity index (χ0) is 15.6. The molecule has 1 saturated carbocycles. The molecule has 1 aliphatic rings. The SMILES string of the molecule is CCOC1CC(NC(=O)c2ccc(S(N)(=O)=O)cc2F)C1. The molecule has 2 rings (SSSR count). The number of carbonyl (C=O) groups is 1. The monoisotopic (exact) mass is 316 g/mol. The molecule has 1 aromatic rings. The topological polar surface area (TPSA) is 98.5 Å². The van der Waals surface area contributed by atoms with Crippen molar-refractivity contribution in [1.29, 1.82) is 0 Å². The van der Waals surface area contributed by atoms with Gasteiger partial charge in [0.2, 0.25) is 10.0 Å². The maximum atomic E-state index is 13.8. The van der Waals surface area contributed by atoms with E-state index in [1.54, 1.807) is 0 Å². The van der Waals surface area contributed by atoms with Crippen LogP contribution in [-0.4, -0.2) is 33.1 Å². The number of sulfonamides is 1. The lowest BCUT2D eigenvalue weighted by molar-refractivity contribution is -0.00865. The van der Waals surface area contributed by atoms with Gasteiger partial charge in [0.25, 0.3) is 5.91 Å². The van der Waals surface area contributed by atoms with Gasteiger partial charge in [-0.2, -0.15) is 0 Å².